The van der Waals surface area contributed by atoms with E-state index in [0.717, 1.165) is 36.4 Å². The van der Waals surface area contributed by atoms with Crippen molar-refractivity contribution in [2.45, 2.75) is 18.9 Å². The number of piperazine rings is 1. The molecule has 1 saturated carbocycles. The lowest BCUT2D eigenvalue weighted by atomic mass is 10.1. The van der Waals surface area contributed by atoms with Crippen molar-refractivity contribution in [1.29, 1.82) is 0 Å². The third-order valence-electron chi connectivity index (χ3n) is 5.27. The van der Waals surface area contributed by atoms with E-state index >= 15 is 0 Å². The Morgan fingerprint density at radius 3 is 2.73 bits per heavy atom. The van der Waals surface area contributed by atoms with Gasteiger partial charge in [-0.3, -0.25) is 5.10 Å². The number of aromatic nitrogens is 4. The van der Waals surface area contributed by atoms with Crippen LogP contribution in [0.25, 0.3) is 10.9 Å². The normalized spacial score (nSPS) is 20.8. The molecule has 3 aromatic rings. The van der Waals surface area contributed by atoms with Gasteiger partial charge in [0.2, 0.25) is 5.95 Å². The van der Waals surface area contributed by atoms with Crippen molar-refractivity contribution in [3.8, 4) is 0 Å². The van der Waals surface area contributed by atoms with Crippen LogP contribution in [-0.2, 0) is 0 Å². The number of halogens is 2. The zero-order valence-corrected chi connectivity index (χ0v) is 14.8. The van der Waals surface area contributed by atoms with Crippen molar-refractivity contribution in [1.82, 2.24) is 20.2 Å². The Morgan fingerprint density at radius 2 is 1.96 bits per heavy atom. The molecule has 3 heterocycles. The van der Waals surface area contributed by atoms with Crippen molar-refractivity contribution in [3.63, 3.8) is 0 Å². The molecule has 2 aromatic heterocycles. The summed E-state index contributed by atoms with van der Waals surface area (Å²) in [6.07, 6.45) is 4.88. The topological polar surface area (TPSA) is 60.9 Å². The monoisotopic (exact) mass is 372 g/mol. The molecule has 0 bridgehead atoms. The molecule has 8 heteroatoms. The molecule has 1 atom stereocenters. The molecule has 1 unspecified atom stereocenters. The maximum atomic E-state index is 13.1. The number of anilines is 2. The predicted octanol–water partition coefficient (Wildman–Crippen LogP) is 3.25. The Hall–Kier alpha value is -2.41. The Bertz CT molecular complexity index is 939. The Kier molecular flexibility index (Phi) is 3.70. The fraction of sp³-hybridized carbons (Fsp3) is 0.389. The van der Waals surface area contributed by atoms with E-state index in [4.69, 9.17) is 11.6 Å². The average molecular weight is 373 g/mol. The highest BCUT2D eigenvalue weighted by Gasteiger charge is 2.40. The Balaban J connectivity index is 1.47. The quantitative estimate of drug-likeness (QED) is 0.764. The van der Waals surface area contributed by atoms with Crippen molar-refractivity contribution < 1.29 is 4.39 Å². The molecule has 6 nitrogen and oxygen atoms in total. The molecule has 1 saturated heterocycles. The highest BCUT2D eigenvalue weighted by Crippen LogP contribution is 2.41. The average Bonchev–Trinajstić information content (AvgIpc) is 3.41. The first-order valence-corrected chi connectivity index (χ1v) is 9.20. The van der Waals surface area contributed by atoms with Crippen molar-refractivity contribution >= 4 is 34.3 Å². The molecule has 1 aromatic carbocycles. The molecular weight excluding hydrogens is 355 g/mol. The van der Waals surface area contributed by atoms with Gasteiger partial charge in [-0.1, -0.05) is 17.7 Å². The number of rotatable bonds is 3. The zero-order valence-electron chi connectivity index (χ0n) is 14.1. The summed E-state index contributed by atoms with van der Waals surface area (Å²) in [7, 11) is 0. The molecule has 1 aliphatic carbocycles. The summed E-state index contributed by atoms with van der Waals surface area (Å²) in [5.74, 6) is 1.72. The van der Waals surface area contributed by atoms with Crippen LogP contribution in [0.15, 0.2) is 30.6 Å². The lowest BCUT2D eigenvalue weighted by Crippen LogP contribution is -2.55. The number of hydrogen-bond donors (Lipinski definition) is 1. The number of aromatic amines is 1. The summed E-state index contributed by atoms with van der Waals surface area (Å²) in [6, 6.07) is 6.14. The molecular formula is C18H18ClFN6. The van der Waals surface area contributed by atoms with E-state index in [1.54, 1.807) is 0 Å². The molecule has 1 aliphatic heterocycles. The maximum absolute atomic E-state index is 13.1. The van der Waals surface area contributed by atoms with Gasteiger partial charge in [0.15, 0.2) is 11.6 Å². The summed E-state index contributed by atoms with van der Waals surface area (Å²) >= 11 is 6.45. The molecule has 5 rings (SSSR count). The largest absolute Gasteiger partial charge is 0.348 e. The van der Waals surface area contributed by atoms with Gasteiger partial charge in [0.05, 0.1) is 34.4 Å². The van der Waals surface area contributed by atoms with Crippen LogP contribution in [0.4, 0.5) is 16.2 Å². The van der Waals surface area contributed by atoms with Gasteiger partial charge in [0.1, 0.15) is 0 Å². The molecule has 1 N–H and O–H groups in total. The van der Waals surface area contributed by atoms with Crippen LogP contribution in [0.2, 0.25) is 5.02 Å². The second kappa shape index (κ2) is 6.09. The molecule has 0 amide bonds. The highest BCUT2D eigenvalue weighted by atomic mass is 35.5. The van der Waals surface area contributed by atoms with Gasteiger partial charge in [-0.05, 0) is 30.9 Å². The van der Waals surface area contributed by atoms with Crippen molar-refractivity contribution in [2.75, 3.05) is 29.4 Å². The van der Waals surface area contributed by atoms with Gasteiger partial charge in [-0.25, -0.2) is 14.4 Å². The first-order chi connectivity index (χ1) is 12.7. The van der Waals surface area contributed by atoms with Gasteiger partial charge in [-0.15, -0.1) is 0 Å². The summed E-state index contributed by atoms with van der Waals surface area (Å²) < 4.78 is 13.1. The van der Waals surface area contributed by atoms with Crippen molar-refractivity contribution in [2.24, 2.45) is 5.92 Å². The first-order valence-electron chi connectivity index (χ1n) is 8.82. The van der Waals surface area contributed by atoms with Gasteiger partial charge in [0, 0.05) is 19.6 Å². The second-order valence-electron chi connectivity index (χ2n) is 6.96. The highest BCUT2D eigenvalue weighted by molar-refractivity contribution is 6.36. The third kappa shape index (κ3) is 2.67. The number of hydrogen-bond acceptors (Lipinski definition) is 5. The van der Waals surface area contributed by atoms with Crippen LogP contribution in [0.1, 0.15) is 12.8 Å². The Morgan fingerprint density at radius 1 is 1.15 bits per heavy atom. The van der Waals surface area contributed by atoms with Crippen LogP contribution in [0.3, 0.4) is 0 Å². The standard InChI is InChI=1S/C18H18ClFN6/c19-13-2-1-3-14-16(13)17(24-23-14)26-7-6-25(10-15(26)11-4-5-11)18-21-8-12(20)9-22-18/h1-3,8-9,11,15H,4-7,10H2,(H,23,24). The SMILES string of the molecule is Fc1cnc(N2CCN(c3n[nH]c4cccc(Cl)c34)C(C3CC3)C2)nc1. The molecule has 2 fully saturated rings. The van der Waals surface area contributed by atoms with Crippen LogP contribution in [0.5, 0.6) is 0 Å². The van der Waals surface area contributed by atoms with Crippen molar-refractivity contribution in [3.05, 3.63) is 41.4 Å². The van der Waals surface area contributed by atoms with Crippen LogP contribution >= 0.6 is 11.6 Å². The van der Waals surface area contributed by atoms with E-state index in [1.165, 1.54) is 25.2 Å². The van der Waals surface area contributed by atoms with Crippen LogP contribution in [0, 0.1) is 11.7 Å². The summed E-state index contributed by atoms with van der Waals surface area (Å²) in [5, 5.41) is 9.36. The second-order valence-corrected chi connectivity index (χ2v) is 7.36. The molecule has 26 heavy (non-hydrogen) atoms. The predicted molar refractivity (Wildman–Crippen MR) is 99.2 cm³/mol. The lowest BCUT2D eigenvalue weighted by Gasteiger charge is -2.42. The fourth-order valence-corrected chi connectivity index (χ4v) is 4.09. The van der Waals surface area contributed by atoms with Gasteiger partial charge < -0.3 is 9.80 Å². The van der Waals surface area contributed by atoms with E-state index in [2.05, 4.69) is 30.0 Å². The minimum Gasteiger partial charge on any atom is -0.348 e. The number of nitrogens with one attached hydrogen (secondary N) is 1. The van der Waals surface area contributed by atoms with Gasteiger partial charge in [-0.2, -0.15) is 5.10 Å². The first kappa shape index (κ1) is 15.8. The van der Waals surface area contributed by atoms with Crippen LogP contribution in [-0.4, -0.2) is 45.8 Å². The fourth-order valence-electron chi connectivity index (χ4n) is 3.83. The van der Waals surface area contributed by atoms with E-state index < -0.39 is 5.82 Å². The molecule has 0 spiro atoms. The maximum Gasteiger partial charge on any atom is 0.225 e. The minimum atomic E-state index is -0.413. The third-order valence-corrected chi connectivity index (χ3v) is 5.58. The number of H-pyrrole nitrogens is 1. The minimum absolute atomic E-state index is 0.320. The van der Waals surface area contributed by atoms with E-state index in [0.29, 0.717) is 22.9 Å². The number of nitrogens with zero attached hydrogens (tertiary/aromatic N) is 5. The van der Waals surface area contributed by atoms with Gasteiger partial charge in [0.25, 0.3) is 0 Å². The number of benzene rings is 1. The van der Waals surface area contributed by atoms with E-state index in [-0.39, 0.29) is 0 Å². The summed E-state index contributed by atoms with van der Waals surface area (Å²) in [5.41, 5.74) is 0.950. The van der Waals surface area contributed by atoms with E-state index in [9.17, 15) is 4.39 Å². The lowest BCUT2D eigenvalue weighted by molar-refractivity contribution is 0.470. The van der Waals surface area contributed by atoms with Gasteiger partial charge >= 0.3 is 0 Å². The smallest absolute Gasteiger partial charge is 0.225 e. The van der Waals surface area contributed by atoms with Crippen LogP contribution < -0.4 is 9.80 Å². The summed E-state index contributed by atoms with van der Waals surface area (Å²) in [6.45, 7) is 2.36. The molecule has 134 valence electrons. The molecule has 0 radical (unpaired) electrons. The Labute approximate surface area is 155 Å². The number of fused-ring (bicyclic) bond motifs is 1. The zero-order chi connectivity index (χ0) is 17.7. The summed E-state index contributed by atoms with van der Waals surface area (Å²) in [4.78, 5) is 12.8. The van der Waals surface area contributed by atoms with E-state index in [1.807, 2.05) is 18.2 Å². The molecule has 2 aliphatic rings.